The van der Waals surface area contributed by atoms with Crippen LogP contribution in [0.15, 0.2) is 34.5 Å². The van der Waals surface area contributed by atoms with Crippen LogP contribution in [0.5, 0.6) is 5.88 Å². The summed E-state index contributed by atoms with van der Waals surface area (Å²) >= 11 is 3.37. The first-order chi connectivity index (χ1) is 10.3. The molecule has 6 nitrogen and oxygen atoms in total. The lowest BCUT2D eigenvalue weighted by atomic mass is 10.2. The molecule has 0 saturated carbocycles. The van der Waals surface area contributed by atoms with E-state index in [2.05, 4.69) is 26.2 Å². The van der Waals surface area contributed by atoms with E-state index in [0.29, 0.717) is 22.0 Å². The molecule has 1 N–H and O–H groups in total. The Bertz CT molecular complexity index is 722. The van der Waals surface area contributed by atoms with Crippen LogP contribution in [-0.4, -0.2) is 53.1 Å². The Morgan fingerprint density at radius 1 is 1.30 bits per heavy atom. The van der Waals surface area contributed by atoms with Gasteiger partial charge in [-0.2, -0.15) is 0 Å². The van der Waals surface area contributed by atoms with Crippen molar-refractivity contribution in [1.82, 2.24) is 4.57 Å². The highest BCUT2D eigenvalue weighted by Crippen LogP contribution is 2.38. The molecular weight excluding hydrogens is 384 g/mol. The maximum absolute atomic E-state index is 11.8. The van der Waals surface area contributed by atoms with E-state index in [1.54, 1.807) is 4.57 Å². The van der Waals surface area contributed by atoms with E-state index in [9.17, 15) is 9.90 Å². The average molecular weight is 404 g/mol. The molecule has 0 saturated heterocycles. The third-order valence-corrected chi connectivity index (χ3v) is 3.45. The molecule has 0 aliphatic carbocycles. The van der Waals surface area contributed by atoms with Crippen LogP contribution in [0, 0.1) is 0 Å². The van der Waals surface area contributed by atoms with Gasteiger partial charge < -0.3 is 26.6 Å². The molecule has 8 heteroatoms. The van der Waals surface area contributed by atoms with Crippen LogP contribution in [0.1, 0.15) is 0 Å². The van der Waals surface area contributed by atoms with Crippen molar-refractivity contribution in [1.29, 1.82) is 0 Å². The molecule has 0 unspecified atom stereocenters. The minimum atomic E-state index is -0.316. The number of para-hydroxylation sites is 1. The number of amides is 1. The van der Waals surface area contributed by atoms with Crippen molar-refractivity contribution in [3.63, 3.8) is 0 Å². The fourth-order valence-electron chi connectivity index (χ4n) is 2.22. The van der Waals surface area contributed by atoms with Crippen LogP contribution in [-0.2, 0) is 11.3 Å². The van der Waals surface area contributed by atoms with Crippen LogP contribution in [0.4, 0.5) is 5.69 Å². The van der Waals surface area contributed by atoms with Gasteiger partial charge in [-0.05, 0) is 6.07 Å². The molecule has 2 aromatic rings. The number of aromatic nitrogens is 1. The number of benzene rings is 1. The van der Waals surface area contributed by atoms with Gasteiger partial charge in [0.25, 0.3) is 0 Å². The number of carbonyl (C=O) groups is 1. The first-order valence-electron chi connectivity index (χ1n) is 6.94. The van der Waals surface area contributed by atoms with E-state index in [4.69, 9.17) is 0 Å². The highest BCUT2D eigenvalue weighted by Gasteiger charge is 2.17. The minimum absolute atomic E-state index is 0. The van der Waals surface area contributed by atoms with Crippen LogP contribution in [0.2, 0.25) is 0 Å². The van der Waals surface area contributed by atoms with Gasteiger partial charge >= 0.3 is 5.91 Å². The van der Waals surface area contributed by atoms with Crippen molar-refractivity contribution in [2.24, 2.45) is 10.2 Å². The maximum Gasteiger partial charge on any atom is 0.319 e. The summed E-state index contributed by atoms with van der Waals surface area (Å²) in [5, 5.41) is 19.6. The summed E-state index contributed by atoms with van der Waals surface area (Å²) in [5.74, 6) is -0.285. The first-order valence-corrected chi connectivity index (χ1v) is 8.07. The van der Waals surface area contributed by atoms with Crippen molar-refractivity contribution in [3.8, 4) is 5.88 Å². The number of hydrogen-bond donors (Lipinski definition) is 1. The van der Waals surface area contributed by atoms with E-state index < -0.39 is 0 Å². The fourth-order valence-corrected chi connectivity index (χ4v) is 2.58. The van der Waals surface area contributed by atoms with E-state index in [0.717, 1.165) is 10.9 Å². The van der Waals surface area contributed by atoms with Crippen molar-refractivity contribution in [2.45, 2.75) is 6.54 Å². The van der Waals surface area contributed by atoms with Gasteiger partial charge in [-0.15, -0.1) is 10.2 Å². The second kappa shape index (κ2) is 7.90. The van der Waals surface area contributed by atoms with E-state index in [-0.39, 0.29) is 30.7 Å². The number of aromatic hydroxyl groups is 1. The van der Waals surface area contributed by atoms with Crippen molar-refractivity contribution in [3.05, 3.63) is 24.3 Å². The monoisotopic (exact) mass is 402 g/mol. The number of fused-ring (bicyclic) bond motifs is 1. The Morgan fingerprint density at radius 3 is 2.57 bits per heavy atom. The molecule has 0 aliphatic rings. The summed E-state index contributed by atoms with van der Waals surface area (Å²) in [6.07, 6.45) is 0. The lowest BCUT2D eigenvalue weighted by Gasteiger charge is -2.20. The third-order valence-electron chi connectivity index (χ3n) is 3.10. The summed E-state index contributed by atoms with van der Waals surface area (Å²) < 4.78 is 2.23. The summed E-state index contributed by atoms with van der Waals surface area (Å²) in [6, 6.07) is 7.53. The predicted octanol–water partition coefficient (Wildman–Crippen LogP) is 0.0623. The molecule has 1 aromatic carbocycles. The number of quaternary nitrogens is 1. The molecule has 0 atom stereocenters. The number of halogens is 2. The van der Waals surface area contributed by atoms with Crippen LogP contribution >= 0.6 is 15.9 Å². The Labute approximate surface area is 149 Å². The zero-order chi connectivity index (χ0) is 16.3. The van der Waals surface area contributed by atoms with Gasteiger partial charge in [0.2, 0.25) is 5.88 Å². The van der Waals surface area contributed by atoms with Gasteiger partial charge in [0.05, 0.1) is 26.7 Å². The Hall–Kier alpha value is -1.44. The van der Waals surface area contributed by atoms with Crippen molar-refractivity contribution < 1.29 is 26.8 Å². The molecule has 0 bridgehead atoms. The zero-order valence-corrected chi connectivity index (χ0v) is 15.7. The number of azo groups is 1. The SMILES string of the molecule is C[N+](C)(C)CC(=O)N=Nc1c(O)n(CCBr)c2ccccc12.[Cl-]. The minimum Gasteiger partial charge on any atom is -1.00 e. The van der Waals surface area contributed by atoms with Gasteiger partial charge in [0.1, 0.15) is 0 Å². The molecule has 0 aliphatic heterocycles. The highest BCUT2D eigenvalue weighted by molar-refractivity contribution is 9.09. The number of likely N-dealkylation sites (N-methyl/N-ethyl adjacent to an activating group) is 1. The molecule has 1 aromatic heterocycles. The van der Waals surface area contributed by atoms with Gasteiger partial charge in [-0.3, -0.25) is 4.79 Å². The number of nitrogens with zero attached hydrogens (tertiary/aromatic N) is 4. The predicted molar refractivity (Wildman–Crippen MR) is 89.8 cm³/mol. The quantitative estimate of drug-likeness (QED) is 0.436. The molecule has 0 radical (unpaired) electrons. The van der Waals surface area contributed by atoms with Crippen molar-refractivity contribution >= 4 is 38.4 Å². The smallest absolute Gasteiger partial charge is 0.319 e. The van der Waals surface area contributed by atoms with E-state index in [1.165, 1.54) is 0 Å². The lowest BCUT2D eigenvalue weighted by Crippen LogP contribution is -3.00. The topological polar surface area (TPSA) is 66.9 Å². The zero-order valence-electron chi connectivity index (χ0n) is 13.3. The Kier molecular flexibility index (Phi) is 6.73. The summed E-state index contributed by atoms with van der Waals surface area (Å²) in [7, 11) is 5.73. The van der Waals surface area contributed by atoms with Gasteiger partial charge in [0, 0.05) is 17.3 Å². The van der Waals surface area contributed by atoms with Gasteiger partial charge in [-0.1, -0.05) is 34.1 Å². The van der Waals surface area contributed by atoms with Gasteiger partial charge in [-0.25, -0.2) is 0 Å². The highest BCUT2D eigenvalue weighted by atomic mass is 79.9. The summed E-state index contributed by atoms with van der Waals surface area (Å²) in [6.45, 7) is 0.860. The van der Waals surface area contributed by atoms with Crippen molar-refractivity contribution in [2.75, 3.05) is 33.0 Å². The second-order valence-corrected chi connectivity index (χ2v) is 6.87. The fraction of sp³-hybridized carbons (Fsp3) is 0.400. The molecule has 1 amide bonds. The number of aryl methyl sites for hydroxylation is 1. The first kappa shape index (κ1) is 19.6. The number of carbonyl (C=O) groups excluding carboxylic acids is 1. The largest absolute Gasteiger partial charge is 1.00 e. The van der Waals surface area contributed by atoms with E-state index >= 15 is 0 Å². The van der Waals surface area contributed by atoms with Crippen LogP contribution in [0.25, 0.3) is 10.9 Å². The molecule has 126 valence electrons. The summed E-state index contributed by atoms with van der Waals surface area (Å²) in [4.78, 5) is 11.8. The third kappa shape index (κ3) is 4.76. The number of rotatable bonds is 5. The van der Waals surface area contributed by atoms with Crippen LogP contribution in [0.3, 0.4) is 0 Å². The maximum atomic E-state index is 11.8. The van der Waals surface area contributed by atoms with E-state index in [1.807, 2.05) is 45.4 Å². The molecular formula is C15H20BrClN4O2. The lowest BCUT2D eigenvalue weighted by molar-refractivity contribution is -0.862. The molecule has 2 rings (SSSR count). The average Bonchev–Trinajstić information content (AvgIpc) is 2.68. The van der Waals surface area contributed by atoms with Crippen LogP contribution < -0.4 is 12.4 Å². The second-order valence-electron chi connectivity index (χ2n) is 6.07. The normalized spacial score (nSPS) is 11.8. The number of hydrogen-bond acceptors (Lipinski definition) is 3. The molecule has 1 heterocycles. The standard InChI is InChI=1S/C15H19BrN4O2.ClH/c1-20(2,3)10-13(21)17-18-14-11-6-4-5-7-12(11)19(9-8-16)15(14)22;/h4-7H,8-10H2,1-3H3;1H. The molecule has 0 fully saturated rings. The molecule has 23 heavy (non-hydrogen) atoms. The number of alkyl halides is 1. The Balaban J connectivity index is 0.00000264. The van der Waals surface area contributed by atoms with Gasteiger partial charge in [0.15, 0.2) is 12.2 Å². The Morgan fingerprint density at radius 2 is 1.96 bits per heavy atom. The summed E-state index contributed by atoms with van der Waals surface area (Å²) in [5.41, 5.74) is 1.21. The molecule has 0 spiro atoms.